The van der Waals surface area contributed by atoms with Crippen LogP contribution in [0, 0.1) is 0 Å². The molecule has 154 valence electrons. The largest absolute Gasteiger partial charge is 0.506 e. The minimum atomic E-state index is -0.465. The predicted octanol–water partition coefficient (Wildman–Crippen LogP) is 4.60. The lowest BCUT2D eigenvalue weighted by Crippen LogP contribution is -2.04. The maximum atomic E-state index is 12.4. The van der Waals surface area contributed by atoms with Crippen LogP contribution >= 0.6 is 22.7 Å². The molecule has 0 saturated carbocycles. The van der Waals surface area contributed by atoms with Crippen LogP contribution in [0.2, 0.25) is 0 Å². The monoisotopic (exact) mass is 441 g/mol. The number of rotatable bonds is 6. The molecule has 1 N–H and O–H groups in total. The zero-order valence-corrected chi connectivity index (χ0v) is 18.1. The highest BCUT2D eigenvalue weighted by atomic mass is 32.1. The van der Waals surface area contributed by atoms with Crippen molar-refractivity contribution in [2.24, 2.45) is 4.99 Å². The molecule has 0 bridgehead atoms. The van der Waals surface area contributed by atoms with Crippen LogP contribution < -0.4 is 4.74 Å². The lowest BCUT2D eigenvalue weighted by atomic mass is 10.1. The average Bonchev–Trinajstić information content (AvgIpc) is 3.49. The van der Waals surface area contributed by atoms with Gasteiger partial charge in [0.15, 0.2) is 5.78 Å². The zero-order chi connectivity index (χ0) is 21.3. The number of hydrogen-bond donors (Lipinski definition) is 1. The third-order valence-electron chi connectivity index (χ3n) is 4.83. The summed E-state index contributed by atoms with van der Waals surface area (Å²) in [5, 5.41) is 12.6. The molecule has 1 aromatic carbocycles. The van der Waals surface area contributed by atoms with Gasteiger partial charge in [0.05, 0.1) is 23.5 Å². The lowest BCUT2D eigenvalue weighted by Gasteiger charge is -2.04. The minimum absolute atomic E-state index is 0.0617. The molecule has 30 heavy (non-hydrogen) atoms. The summed E-state index contributed by atoms with van der Waals surface area (Å²) in [6.45, 7) is 2.39. The smallest absolute Gasteiger partial charge is 0.348 e. The summed E-state index contributed by atoms with van der Waals surface area (Å²) in [4.78, 5) is 29.9. The van der Waals surface area contributed by atoms with Crippen LogP contribution in [0.5, 0.6) is 11.5 Å². The number of ketones is 1. The van der Waals surface area contributed by atoms with E-state index in [1.165, 1.54) is 18.4 Å². The van der Waals surface area contributed by atoms with Crippen LogP contribution in [0.3, 0.4) is 0 Å². The molecule has 0 spiro atoms. The molecule has 0 aliphatic carbocycles. The highest BCUT2D eigenvalue weighted by Crippen LogP contribution is 2.41. The summed E-state index contributed by atoms with van der Waals surface area (Å²) in [5.41, 5.74) is 3.27. The summed E-state index contributed by atoms with van der Waals surface area (Å²) in [7, 11) is 1.30. The minimum Gasteiger partial charge on any atom is -0.506 e. The summed E-state index contributed by atoms with van der Waals surface area (Å²) in [6.07, 6.45) is 0.866. The van der Waals surface area contributed by atoms with Crippen LogP contribution in [0.1, 0.15) is 37.4 Å². The number of fused-ring (bicyclic) bond motifs is 1. The fourth-order valence-electron chi connectivity index (χ4n) is 3.19. The Hall–Kier alpha value is -2.97. The molecule has 1 aliphatic rings. The van der Waals surface area contributed by atoms with Gasteiger partial charge in [-0.05, 0) is 48.4 Å². The number of Topliss-reactive ketones (excluding diaryl/α,β-unsaturated/α-hetero) is 1. The molecule has 1 aliphatic heterocycles. The molecule has 0 radical (unpaired) electrons. The molecular weight excluding hydrogens is 422 g/mol. The molecule has 2 aromatic heterocycles. The summed E-state index contributed by atoms with van der Waals surface area (Å²) >= 11 is 2.52. The van der Waals surface area contributed by atoms with Crippen molar-refractivity contribution in [2.45, 2.75) is 13.3 Å². The Labute approximate surface area is 181 Å². The van der Waals surface area contributed by atoms with Crippen LogP contribution in [0.4, 0.5) is 0 Å². The fourth-order valence-corrected chi connectivity index (χ4v) is 5.05. The topological polar surface area (TPSA) is 85.2 Å². The van der Waals surface area contributed by atoms with E-state index in [9.17, 15) is 14.7 Å². The van der Waals surface area contributed by atoms with Crippen molar-refractivity contribution >= 4 is 40.1 Å². The lowest BCUT2D eigenvalue weighted by molar-refractivity contribution is 0.0606. The van der Waals surface area contributed by atoms with E-state index < -0.39 is 5.97 Å². The summed E-state index contributed by atoms with van der Waals surface area (Å²) in [5.74, 6) is 0.405. The van der Waals surface area contributed by atoms with Crippen molar-refractivity contribution in [2.75, 3.05) is 20.3 Å². The van der Waals surface area contributed by atoms with E-state index in [0.717, 1.165) is 39.5 Å². The number of aliphatic imine (C=N–C) groups is 1. The molecule has 4 rings (SSSR count). The van der Waals surface area contributed by atoms with Gasteiger partial charge >= 0.3 is 5.97 Å². The Bertz CT molecular complexity index is 1160. The Morgan fingerprint density at radius 2 is 2.03 bits per heavy atom. The van der Waals surface area contributed by atoms with E-state index in [1.807, 2.05) is 23.6 Å². The third kappa shape index (κ3) is 3.88. The first-order valence-corrected chi connectivity index (χ1v) is 11.0. The maximum absolute atomic E-state index is 12.4. The first-order valence-electron chi connectivity index (χ1n) is 9.27. The molecule has 0 unspecified atom stereocenters. The number of carbonyl (C=O) groups excluding carboxylic acids is 2. The Kier molecular flexibility index (Phi) is 5.69. The highest BCUT2D eigenvalue weighted by Gasteiger charge is 2.19. The first-order chi connectivity index (χ1) is 14.5. The van der Waals surface area contributed by atoms with Crippen LogP contribution in [-0.4, -0.2) is 42.8 Å². The second-order valence-corrected chi connectivity index (χ2v) is 8.69. The quantitative estimate of drug-likeness (QED) is 0.343. The van der Waals surface area contributed by atoms with Gasteiger partial charge in [-0.15, -0.1) is 22.7 Å². The van der Waals surface area contributed by atoms with Gasteiger partial charge in [-0.1, -0.05) is 0 Å². The van der Waals surface area contributed by atoms with E-state index in [4.69, 9.17) is 4.74 Å². The molecule has 8 heteroatoms. The van der Waals surface area contributed by atoms with Gasteiger partial charge in [-0.3, -0.25) is 9.79 Å². The predicted molar refractivity (Wildman–Crippen MR) is 118 cm³/mol. The van der Waals surface area contributed by atoms with Crippen LogP contribution in [0.25, 0.3) is 10.4 Å². The van der Waals surface area contributed by atoms with E-state index >= 15 is 0 Å². The third-order valence-corrected chi connectivity index (χ3v) is 6.96. The number of methoxy groups -OCH3 is 1. The maximum Gasteiger partial charge on any atom is 0.348 e. The molecule has 0 saturated heterocycles. The van der Waals surface area contributed by atoms with Crippen molar-refractivity contribution in [3.05, 3.63) is 56.6 Å². The van der Waals surface area contributed by atoms with Gasteiger partial charge in [0.2, 0.25) is 0 Å². The second-order valence-electron chi connectivity index (χ2n) is 6.73. The molecule has 3 aromatic rings. The zero-order valence-electron chi connectivity index (χ0n) is 16.4. The van der Waals surface area contributed by atoms with Crippen LogP contribution in [-0.2, 0) is 11.2 Å². The van der Waals surface area contributed by atoms with Gasteiger partial charge in [0, 0.05) is 23.1 Å². The number of nitrogens with zero attached hydrogens (tertiary/aromatic N) is 1. The summed E-state index contributed by atoms with van der Waals surface area (Å²) < 4.78 is 10.2. The molecular formula is C22H19NO5S2. The van der Waals surface area contributed by atoms with Crippen molar-refractivity contribution in [3.63, 3.8) is 0 Å². The Morgan fingerprint density at radius 3 is 2.83 bits per heavy atom. The molecule has 6 nitrogen and oxygen atoms in total. The molecule has 0 fully saturated rings. The highest BCUT2D eigenvalue weighted by molar-refractivity contribution is 7.16. The molecule has 0 amide bonds. The second kappa shape index (κ2) is 8.41. The van der Waals surface area contributed by atoms with Crippen molar-refractivity contribution < 1.29 is 24.2 Å². The Morgan fingerprint density at radius 1 is 1.23 bits per heavy atom. The SMILES string of the molecule is COC(=O)c1ccc(C(=O)CN=C(C)c2csc(-c3ccc4c(c3)CCO4)c2O)s1. The number of esters is 1. The average molecular weight is 442 g/mol. The van der Waals surface area contributed by atoms with E-state index in [0.29, 0.717) is 27.6 Å². The standard InChI is InChI=1S/C22H19NO5S2/c1-12(23-10-16(24)18-5-6-19(30-18)22(26)27-2)15-11-29-21(20(15)25)14-3-4-17-13(9-14)7-8-28-17/h3-6,9,11,25H,7-8,10H2,1-2H3. The number of aromatic hydroxyl groups is 1. The molecule has 3 heterocycles. The Balaban J connectivity index is 1.50. The van der Waals surface area contributed by atoms with E-state index in [1.54, 1.807) is 19.1 Å². The van der Waals surface area contributed by atoms with Crippen molar-refractivity contribution in [1.29, 1.82) is 0 Å². The number of ether oxygens (including phenoxy) is 2. The number of hydrogen-bond acceptors (Lipinski definition) is 8. The van der Waals surface area contributed by atoms with E-state index in [2.05, 4.69) is 9.73 Å². The fraction of sp³-hybridized carbons (Fsp3) is 0.227. The van der Waals surface area contributed by atoms with Crippen molar-refractivity contribution in [3.8, 4) is 21.9 Å². The van der Waals surface area contributed by atoms with Gasteiger partial charge < -0.3 is 14.6 Å². The number of thiophene rings is 2. The normalized spacial score (nSPS) is 13.1. The number of carbonyl (C=O) groups is 2. The van der Waals surface area contributed by atoms with Crippen molar-refractivity contribution in [1.82, 2.24) is 0 Å². The van der Waals surface area contributed by atoms with Gasteiger partial charge in [-0.25, -0.2) is 4.79 Å². The van der Waals surface area contributed by atoms with Crippen LogP contribution in [0.15, 0.2) is 40.7 Å². The van der Waals surface area contributed by atoms with Gasteiger partial charge in [-0.2, -0.15) is 0 Å². The first kappa shape index (κ1) is 20.3. The van der Waals surface area contributed by atoms with E-state index in [-0.39, 0.29) is 18.1 Å². The number of benzene rings is 1. The van der Waals surface area contributed by atoms with Gasteiger partial charge in [0.25, 0.3) is 0 Å². The molecule has 0 atom stereocenters. The summed E-state index contributed by atoms with van der Waals surface area (Å²) in [6, 6.07) is 9.08. The van der Waals surface area contributed by atoms with Gasteiger partial charge in [0.1, 0.15) is 22.9 Å².